The number of nitrogens with zero attached hydrogens (tertiary/aromatic N) is 3. The smallest absolute Gasteiger partial charge is 0.240 e. The number of aromatic nitrogens is 3. The Balaban J connectivity index is 1.93. The van der Waals surface area contributed by atoms with Crippen molar-refractivity contribution in [3.8, 4) is 11.4 Å². The molecule has 0 spiro atoms. The van der Waals surface area contributed by atoms with Crippen molar-refractivity contribution in [2.24, 2.45) is 0 Å². The number of thioether (sulfide) groups is 1. The number of carbonyl (C=O) groups is 1. The van der Waals surface area contributed by atoms with Crippen molar-refractivity contribution in [3.05, 3.63) is 60.7 Å². The summed E-state index contributed by atoms with van der Waals surface area (Å²) in [4.78, 5) is 12.7. The molecule has 0 atom stereocenters. The summed E-state index contributed by atoms with van der Waals surface area (Å²) in [5.74, 6) is -0.0575. The maximum atomic E-state index is 12.7. The van der Waals surface area contributed by atoms with Crippen LogP contribution in [-0.4, -0.2) is 39.5 Å². The molecule has 1 amide bonds. The Bertz CT molecular complexity index is 1080. The van der Waals surface area contributed by atoms with E-state index in [-0.39, 0.29) is 16.9 Å². The summed E-state index contributed by atoms with van der Waals surface area (Å²) < 4.78 is 24.9. The van der Waals surface area contributed by atoms with Crippen molar-refractivity contribution < 1.29 is 13.2 Å². The minimum absolute atomic E-state index is 0.134. The molecule has 28 heavy (non-hydrogen) atoms. The summed E-state index contributed by atoms with van der Waals surface area (Å²) in [5.41, 5.74) is 1.29. The number of nitrogens with one attached hydrogen (secondary N) is 1. The molecule has 1 aromatic heterocycles. The van der Waals surface area contributed by atoms with E-state index in [1.807, 2.05) is 24.3 Å². The normalized spacial score (nSPS) is 12.0. The number of amides is 1. The van der Waals surface area contributed by atoms with Gasteiger partial charge in [-0.05, 0) is 26.0 Å². The van der Waals surface area contributed by atoms with E-state index in [9.17, 15) is 13.2 Å². The van der Waals surface area contributed by atoms with Crippen LogP contribution in [0.3, 0.4) is 0 Å². The quantitative estimate of drug-likeness (QED) is 0.620. The van der Waals surface area contributed by atoms with E-state index in [4.69, 9.17) is 0 Å². The van der Waals surface area contributed by atoms with E-state index in [0.29, 0.717) is 11.3 Å². The molecule has 0 saturated heterocycles. The molecule has 3 rings (SSSR count). The van der Waals surface area contributed by atoms with Crippen molar-refractivity contribution in [2.75, 3.05) is 11.6 Å². The van der Waals surface area contributed by atoms with Gasteiger partial charge in [0.2, 0.25) is 21.1 Å². The van der Waals surface area contributed by atoms with E-state index in [2.05, 4.69) is 15.5 Å². The summed E-state index contributed by atoms with van der Waals surface area (Å²) in [6, 6.07) is 18.0. The zero-order valence-electron chi connectivity index (χ0n) is 15.7. The molecule has 0 bridgehead atoms. The van der Waals surface area contributed by atoms with Crippen LogP contribution in [0.2, 0.25) is 0 Å². The molecule has 9 heteroatoms. The molecule has 0 aliphatic heterocycles. The molecule has 1 N–H and O–H groups in total. The van der Waals surface area contributed by atoms with Gasteiger partial charge >= 0.3 is 0 Å². The fraction of sp³-hybridized carbons (Fsp3) is 0.211. The second kappa shape index (κ2) is 7.76. The summed E-state index contributed by atoms with van der Waals surface area (Å²) >= 11 is 1.04. The SMILES string of the molecule is CC(C)(Sc1nnc(-c2ccccc2)n1S(C)(=O)=O)C(=O)Nc1ccccc1. The van der Waals surface area contributed by atoms with Gasteiger partial charge in [0.05, 0.1) is 11.0 Å². The summed E-state index contributed by atoms with van der Waals surface area (Å²) in [5, 5.41) is 11.1. The average Bonchev–Trinajstić information content (AvgIpc) is 3.06. The Kier molecular flexibility index (Phi) is 5.57. The van der Waals surface area contributed by atoms with Gasteiger partial charge in [-0.15, -0.1) is 10.2 Å². The summed E-state index contributed by atoms with van der Waals surface area (Å²) in [6.45, 7) is 3.42. The Morgan fingerprint density at radius 3 is 2.14 bits per heavy atom. The zero-order chi connectivity index (χ0) is 20.4. The number of carbonyl (C=O) groups excluding carboxylic acids is 1. The monoisotopic (exact) mass is 416 g/mol. The van der Waals surface area contributed by atoms with Crippen molar-refractivity contribution in [2.45, 2.75) is 23.8 Å². The molecular weight excluding hydrogens is 396 g/mol. The number of benzene rings is 2. The van der Waals surface area contributed by atoms with Gasteiger partial charge in [-0.1, -0.05) is 60.3 Å². The third-order valence-electron chi connectivity index (χ3n) is 3.88. The molecular formula is C19H20N4O3S2. The highest BCUT2D eigenvalue weighted by Gasteiger charge is 2.33. The van der Waals surface area contributed by atoms with Crippen LogP contribution in [0.5, 0.6) is 0 Å². The van der Waals surface area contributed by atoms with Gasteiger partial charge in [0, 0.05) is 11.3 Å². The highest BCUT2D eigenvalue weighted by molar-refractivity contribution is 8.01. The first-order valence-electron chi connectivity index (χ1n) is 8.45. The predicted molar refractivity (Wildman–Crippen MR) is 111 cm³/mol. The highest BCUT2D eigenvalue weighted by atomic mass is 32.2. The van der Waals surface area contributed by atoms with E-state index in [0.717, 1.165) is 22.0 Å². The molecule has 146 valence electrons. The zero-order valence-corrected chi connectivity index (χ0v) is 17.3. The fourth-order valence-electron chi connectivity index (χ4n) is 2.46. The molecule has 0 aliphatic rings. The number of anilines is 1. The Hall–Kier alpha value is -2.65. The second-order valence-electron chi connectivity index (χ2n) is 6.63. The number of hydrogen-bond donors (Lipinski definition) is 1. The van der Waals surface area contributed by atoms with Gasteiger partial charge in [-0.25, -0.2) is 8.42 Å². The van der Waals surface area contributed by atoms with E-state index in [1.54, 1.807) is 50.2 Å². The molecule has 3 aromatic rings. The molecule has 0 radical (unpaired) electrons. The van der Waals surface area contributed by atoms with Crippen LogP contribution in [0.1, 0.15) is 13.8 Å². The largest absolute Gasteiger partial charge is 0.325 e. The Labute approximate surface area is 168 Å². The lowest BCUT2D eigenvalue weighted by atomic mass is 10.2. The van der Waals surface area contributed by atoms with Crippen LogP contribution >= 0.6 is 11.8 Å². The lowest BCUT2D eigenvalue weighted by Crippen LogP contribution is -2.34. The third kappa shape index (κ3) is 4.42. The van der Waals surface area contributed by atoms with Crippen LogP contribution in [0, 0.1) is 0 Å². The second-order valence-corrected chi connectivity index (χ2v) is 10.1. The van der Waals surface area contributed by atoms with Crippen LogP contribution in [-0.2, 0) is 14.8 Å². The van der Waals surface area contributed by atoms with Crippen molar-refractivity contribution in [1.29, 1.82) is 0 Å². The Morgan fingerprint density at radius 2 is 1.57 bits per heavy atom. The van der Waals surface area contributed by atoms with Crippen molar-refractivity contribution in [3.63, 3.8) is 0 Å². The summed E-state index contributed by atoms with van der Waals surface area (Å²) in [6.07, 6.45) is 1.09. The van der Waals surface area contributed by atoms with Crippen molar-refractivity contribution >= 4 is 33.4 Å². The first-order valence-corrected chi connectivity index (χ1v) is 11.1. The van der Waals surface area contributed by atoms with Gasteiger partial charge in [-0.2, -0.15) is 3.97 Å². The van der Waals surface area contributed by atoms with Gasteiger partial charge < -0.3 is 5.32 Å². The molecule has 0 fully saturated rings. The van der Waals surface area contributed by atoms with Crippen molar-refractivity contribution in [1.82, 2.24) is 14.2 Å². The molecule has 7 nitrogen and oxygen atoms in total. The molecule has 0 aliphatic carbocycles. The van der Waals surface area contributed by atoms with Crippen LogP contribution in [0.4, 0.5) is 5.69 Å². The third-order valence-corrected chi connectivity index (χ3v) is 6.15. The van der Waals surface area contributed by atoms with E-state index >= 15 is 0 Å². The maximum absolute atomic E-state index is 12.7. The lowest BCUT2D eigenvalue weighted by Gasteiger charge is -2.22. The predicted octanol–water partition coefficient (Wildman–Crippen LogP) is 3.26. The number of hydrogen-bond acceptors (Lipinski definition) is 6. The van der Waals surface area contributed by atoms with Crippen LogP contribution < -0.4 is 5.32 Å². The number of para-hydroxylation sites is 1. The van der Waals surface area contributed by atoms with Gasteiger partial charge in [0.15, 0.2) is 5.82 Å². The molecule has 1 heterocycles. The van der Waals surface area contributed by atoms with Gasteiger partial charge in [0.1, 0.15) is 0 Å². The number of rotatable bonds is 6. The lowest BCUT2D eigenvalue weighted by molar-refractivity contribution is -0.117. The van der Waals surface area contributed by atoms with Crippen LogP contribution in [0.15, 0.2) is 65.8 Å². The first-order chi connectivity index (χ1) is 13.2. The molecule has 0 saturated carbocycles. The highest BCUT2D eigenvalue weighted by Crippen LogP contribution is 2.35. The fourth-order valence-corrected chi connectivity index (χ4v) is 4.61. The topological polar surface area (TPSA) is 93.9 Å². The van der Waals surface area contributed by atoms with E-state index in [1.165, 1.54) is 0 Å². The van der Waals surface area contributed by atoms with Gasteiger partial charge in [0.25, 0.3) is 0 Å². The molecule has 2 aromatic carbocycles. The maximum Gasteiger partial charge on any atom is 0.240 e. The van der Waals surface area contributed by atoms with Gasteiger partial charge in [-0.3, -0.25) is 4.79 Å². The summed E-state index contributed by atoms with van der Waals surface area (Å²) in [7, 11) is -3.69. The van der Waals surface area contributed by atoms with E-state index < -0.39 is 14.8 Å². The van der Waals surface area contributed by atoms with Crippen LogP contribution in [0.25, 0.3) is 11.4 Å². The minimum Gasteiger partial charge on any atom is -0.325 e. The minimum atomic E-state index is -3.69. The standard InChI is InChI=1S/C19H20N4O3S2/c1-19(2,17(24)20-15-12-8-5-9-13-15)27-18-22-21-16(23(18)28(3,25)26)14-10-6-4-7-11-14/h4-13H,1-3H3,(H,20,24). The molecule has 0 unspecified atom stereocenters. The average molecular weight is 417 g/mol. The first kappa shape index (κ1) is 20.1. The Morgan fingerprint density at radius 1 is 1.00 bits per heavy atom.